The van der Waals surface area contributed by atoms with Crippen molar-refractivity contribution in [1.82, 2.24) is 24.5 Å². The number of hydrogen-bond acceptors (Lipinski definition) is 5. The van der Waals surface area contributed by atoms with Gasteiger partial charge in [-0.2, -0.15) is 10.2 Å². The van der Waals surface area contributed by atoms with Crippen LogP contribution in [0.2, 0.25) is 5.15 Å². The fourth-order valence-corrected chi connectivity index (χ4v) is 2.66. The molecule has 2 aromatic rings. The number of halogens is 1. The first kappa shape index (κ1) is 12.9. The number of sulfonamides is 1. The molecule has 0 spiro atoms. The van der Waals surface area contributed by atoms with Crippen LogP contribution in [0, 0.1) is 0 Å². The summed E-state index contributed by atoms with van der Waals surface area (Å²) in [7, 11) is -2.14. The Morgan fingerprint density at radius 1 is 1.50 bits per heavy atom. The number of hydrogen-bond donors (Lipinski definition) is 1. The Morgan fingerprint density at radius 3 is 2.83 bits per heavy atom. The summed E-state index contributed by atoms with van der Waals surface area (Å²) in [6, 6.07) is 3.33. The molecule has 0 aliphatic carbocycles. The minimum atomic E-state index is -3.75. The number of nitrogens with zero attached hydrogens (tertiary/aromatic N) is 4. The van der Waals surface area contributed by atoms with Crippen LogP contribution in [0.5, 0.6) is 0 Å². The highest BCUT2D eigenvalue weighted by atomic mass is 35.5. The summed E-state index contributed by atoms with van der Waals surface area (Å²) in [5.41, 5.74) is 0.508. The third kappa shape index (κ3) is 2.66. The maximum atomic E-state index is 11.9. The minimum absolute atomic E-state index is 0.0308. The molecule has 1 N–H and O–H groups in total. The molecule has 0 fully saturated rings. The van der Waals surface area contributed by atoms with E-state index < -0.39 is 10.0 Å². The van der Waals surface area contributed by atoms with Gasteiger partial charge in [0.2, 0.25) is 5.03 Å². The van der Waals surface area contributed by atoms with Crippen molar-refractivity contribution in [2.24, 2.45) is 7.05 Å². The second-order valence-electron chi connectivity index (χ2n) is 3.49. The quantitative estimate of drug-likeness (QED) is 0.876. The fourth-order valence-electron chi connectivity index (χ4n) is 1.24. The standard InChI is InChI=1S/C9H10ClN5O2S/c1-15-6-11-9(8(15)10)18(16,17)13-5-7-3-2-4-12-14-7/h2-4,6,13H,5H2,1H3. The molecular weight excluding hydrogens is 278 g/mol. The summed E-state index contributed by atoms with van der Waals surface area (Å²) in [5.74, 6) is 0. The SMILES string of the molecule is Cn1cnc(S(=O)(=O)NCc2cccnn2)c1Cl. The van der Waals surface area contributed by atoms with E-state index in [1.807, 2.05) is 0 Å². The van der Waals surface area contributed by atoms with E-state index in [2.05, 4.69) is 19.9 Å². The van der Waals surface area contributed by atoms with Crippen LogP contribution in [0.25, 0.3) is 0 Å². The van der Waals surface area contributed by atoms with Crippen LogP contribution in [0.1, 0.15) is 5.69 Å². The molecule has 0 radical (unpaired) electrons. The maximum Gasteiger partial charge on any atom is 0.261 e. The molecule has 96 valence electrons. The van der Waals surface area contributed by atoms with E-state index in [4.69, 9.17) is 11.6 Å². The largest absolute Gasteiger partial charge is 0.324 e. The highest BCUT2D eigenvalue weighted by Gasteiger charge is 2.21. The molecule has 2 rings (SSSR count). The second kappa shape index (κ2) is 5.01. The summed E-state index contributed by atoms with van der Waals surface area (Å²) >= 11 is 5.83. The van der Waals surface area contributed by atoms with Gasteiger partial charge in [-0.05, 0) is 12.1 Å². The third-order valence-electron chi connectivity index (χ3n) is 2.16. The monoisotopic (exact) mass is 287 g/mol. The summed E-state index contributed by atoms with van der Waals surface area (Å²) in [4.78, 5) is 3.74. The van der Waals surface area contributed by atoms with Crippen LogP contribution < -0.4 is 4.72 Å². The number of rotatable bonds is 4. The van der Waals surface area contributed by atoms with Gasteiger partial charge in [0.15, 0.2) is 0 Å². The molecule has 0 aliphatic heterocycles. The Morgan fingerprint density at radius 2 is 2.28 bits per heavy atom. The molecule has 0 bridgehead atoms. The fraction of sp³-hybridized carbons (Fsp3) is 0.222. The van der Waals surface area contributed by atoms with E-state index >= 15 is 0 Å². The molecule has 0 saturated heterocycles. The van der Waals surface area contributed by atoms with Crippen molar-refractivity contribution in [3.8, 4) is 0 Å². The van der Waals surface area contributed by atoms with Crippen LogP contribution in [-0.4, -0.2) is 28.2 Å². The number of aryl methyl sites for hydroxylation is 1. The number of aromatic nitrogens is 4. The Labute approximate surface area is 109 Å². The van der Waals surface area contributed by atoms with Gasteiger partial charge in [-0.1, -0.05) is 11.6 Å². The molecule has 0 saturated carbocycles. The van der Waals surface area contributed by atoms with E-state index in [0.29, 0.717) is 5.69 Å². The molecule has 18 heavy (non-hydrogen) atoms. The normalized spacial score (nSPS) is 11.7. The molecule has 0 amide bonds. The molecule has 9 heteroatoms. The van der Waals surface area contributed by atoms with Gasteiger partial charge >= 0.3 is 0 Å². The first-order valence-electron chi connectivity index (χ1n) is 4.94. The Bertz CT molecular complexity index is 640. The summed E-state index contributed by atoms with van der Waals surface area (Å²) in [6.07, 6.45) is 2.84. The molecule has 0 atom stereocenters. The molecule has 0 unspecified atom stereocenters. The summed E-state index contributed by atoms with van der Waals surface area (Å²) < 4.78 is 27.6. The molecule has 0 aromatic carbocycles. The molecule has 2 aromatic heterocycles. The van der Waals surface area contributed by atoms with Gasteiger partial charge < -0.3 is 4.57 Å². The van der Waals surface area contributed by atoms with Crippen molar-refractivity contribution in [2.45, 2.75) is 11.6 Å². The summed E-state index contributed by atoms with van der Waals surface area (Å²) in [6.45, 7) is 0.0308. The smallest absolute Gasteiger partial charge is 0.261 e. The zero-order valence-corrected chi connectivity index (χ0v) is 11.0. The average molecular weight is 288 g/mol. The second-order valence-corrected chi connectivity index (χ2v) is 5.53. The first-order valence-corrected chi connectivity index (χ1v) is 6.80. The van der Waals surface area contributed by atoms with Crippen LogP contribution in [0.15, 0.2) is 29.7 Å². The first-order chi connectivity index (χ1) is 8.50. The summed E-state index contributed by atoms with van der Waals surface area (Å²) in [5, 5.41) is 7.28. The Hall–Kier alpha value is -1.51. The minimum Gasteiger partial charge on any atom is -0.324 e. The van der Waals surface area contributed by atoms with Crippen molar-refractivity contribution in [3.63, 3.8) is 0 Å². The van der Waals surface area contributed by atoms with E-state index in [1.54, 1.807) is 19.2 Å². The Balaban J connectivity index is 2.16. The van der Waals surface area contributed by atoms with E-state index in [-0.39, 0.29) is 16.7 Å². The van der Waals surface area contributed by atoms with E-state index in [9.17, 15) is 8.42 Å². The van der Waals surface area contributed by atoms with Crippen LogP contribution >= 0.6 is 11.6 Å². The van der Waals surface area contributed by atoms with Crippen LogP contribution in [0.3, 0.4) is 0 Å². The predicted octanol–water partition coefficient (Wildman–Crippen LogP) is 0.342. The highest BCUT2D eigenvalue weighted by molar-refractivity contribution is 7.89. The highest BCUT2D eigenvalue weighted by Crippen LogP contribution is 2.18. The zero-order chi connectivity index (χ0) is 13.2. The van der Waals surface area contributed by atoms with Crippen LogP contribution in [-0.2, 0) is 23.6 Å². The van der Waals surface area contributed by atoms with E-state index in [0.717, 1.165) is 0 Å². The number of nitrogens with one attached hydrogen (secondary N) is 1. The molecule has 0 aliphatic rings. The average Bonchev–Trinajstić information content (AvgIpc) is 2.70. The molecular formula is C9H10ClN5O2S. The number of imidazole rings is 1. The van der Waals surface area contributed by atoms with Gasteiger partial charge in [-0.3, -0.25) is 0 Å². The maximum absolute atomic E-state index is 11.9. The van der Waals surface area contributed by atoms with Gasteiger partial charge in [0.25, 0.3) is 10.0 Å². The van der Waals surface area contributed by atoms with Crippen molar-refractivity contribution in [2.75, 3.05) is 0 Å². The predicted molar refractivity (Wildman–Crippen MR) is 64.3 cm³/mol. The lowest BCUT2D eigenvalue weighted by molar-refractivity contribution is 0.576. The van der Waals surface area contributed by atoms with Gasteiger partial charge in [-0.25, -0.2) is 18.1 Å². The lowest BCUT2D eigenvalue weighted by Crippen LogP contribution is -2.24. The van der Waals surface area contributed by atoms with Gasteiger partial charge in [0.1, 0.15) is 5.15 Å². The van der Waals surface area contributed by atoms with Gasteiger partial charge in [0.05, 0.1) is 18.6 Å². The molecule has 2 heterocycles. The van der Waals surface area contributed by atoms with Crippen molar-refractivity contribution in [3.05, 3.63) is 35.5 Å². The van der Waals surface area contributed by atoms with Crippen LogP contribution in [0.4, 0.5) is 0 Å². The lowest BCUT2D eigenvalue weighted by Gasteiger charge is -2.03. The zero-order valence-electron chi connectivity index (χ0n) is 9.41. The third-order valence-corrected chi connectivity index (χ3v) is 4.05. The Kier molecular flexibility index (Phi) is 3.60. The van der Waals surface area contributed by atoms with Crippen molar-refractivity contribution in [1.29, 1.82) is 0 Å². The van der Waals surface area contributed by atoms with Crippen molar-refractivity contribution < 1.29 is 8.42 Å². The van der Waals surface area contributed by atoms with Gasteiger partial charge in [0, 0.05) is 13.2 Å². The van der Waals surface area contributed by atoms with Crippen molar-refractivity contribution >= 4 is 21.6 Å². The van der Waals surface area contributed by atoms with Gasteiger partial charge in [-0.15, -0.1) is 0 Å². The topological polar surface area (TPSA) is 89.8 Å². The molecule has 7 nitrogen and oxygen atoms in total. The lowest BCUT2D eigenvalue weighted by atomic mass is 10.4. The van der Waals surface area contributed by atoms with E-state index in [1.165, 1.54) is 17.1 Å².